The molecule has 3 rings (SSSR count). The molecule has 2 aromatic heterocycles. The Hall–Kier alpha value is -2.56. The Labute approximate surface area is 102 Å². The van der Waals surface area contributed by atoms with Gasteiger partial charge in [0, 0.05) is 29.7 Å². The van der Waals surface area contributed by atoms with Crippen LogP contribution in [0.3, 0.4) is 0 Å². The molecule has 1 aromatic carbocycles. The minimum absolute atomic E-state index is 0.0753. The van der Waals surface area contributed by atoms with Crippen LogP contribution in [0.25, 0.3) is 22.2 Å². The fourth-order valence-electron chi connectivity index (χ4n) is 2.11. The lowest BCUT2D eigenvalue weighted by atomic mass is 10.1. The first-order valence-electron chi connectivity index (χ1n) is 5.41. The zero-order valence-corrected chi connectivity index (χ0v) is 9.62. The predicted molar refractivity (Wildman–Crippen MR) is 65.4 cm³/mol. The van der Waals surface area contributed by atoms with Gasteiger partial charge in [-0.25, -0.2) is 4.79 Å². The van der Waals surface area contributed by atoms with Crippen molar-refractivity contribution in [1.29, 1.82) is 0 Å². The highest BCUT2D eigenvalue weighted by Gasteiger charge is 2.20. The van der Waals surface area contributed by atoms with E-state index in [0.29, 0.717) is 5.76 Å². The van der Waals surface area contributed by atoms with E-state index in [1.807, 2.05) is 42.1 Å². The summed E-state index contributed by atoms with van der Waals surface area (Å²) in [6.45, 7) is 0. The van der Waals surface area contributed by atoms with Crippen LogP contribution in [0.5, 0.6) is 0 Å². The Bertz CT molecular complexity index is 740. The number of carboxylic acids is 1. The molecule has 3 aromatic rings. The van der Waals surface area contributed by atoms with Crippen molar-refractivity contribution in [2.75, 3.05) is 0 Å². The third kappa shape index (κ3) is 1.41. The second-order valence-electron chi connectivity index (χ2n) is 4.04. The van der Waals surface area contributed by atoms with Gasteiger partial charge in [0.2, 0.25) is 0 Å². The molecule has 0 atom stereocenters. The van der Waals surface area contributed by atoms with E-state index >= 15 is 0 Å². The van der Waals surface area contributed by atoms with Gasteiger partial charge < -0.3 is 14.2 Å². The normalized spacial score (nSPS) is 10.9. The highest BCUT2D eigenvalue weighted by Crippen LogP contribution is 2.32. The van der Waals surface area contributed by atoms with Gasteiger partial charge >= 0.3 is 5.97 Å². The lowest BCUT2D eigenvalue weighted by Gasteiger charge is -1.95. The monoisotopic (exact) mass is 242 g/mol. The molecular weight excluding hydrogens is 232 g/mol. The van der Waals surface area contributed by atoms with E-state index in [1.165, 1.54) is 6.20 Å². The first-order chi connectivity index (χ1) is 8.68. The van der Waals surface area contributed by atoms with Crippen molar-refractivity contribution in [3.8, 4) is 11.3 Å². The van der Waals surface area contributed by atoms with Gasteiger partial charge in [0.1, 0.15) is 5.56 Å². The zero-order valence-electron chi connectivity index (χ0n) is 9.62. The van der Waals surface area contributed by atoms with Crippen molar-refractivity contribution < 1.29 is 14.4 Å². The molecular formula is C13H10N2O3. The van der Waals surface area contributed by atoms with Crippen molar-refractivity contribution >= 4 is 16.9 Å². The summed E-state index contributed by atoms with van der Waals surface area (Å²) < 4.78 is 7.02. The quantitative estimate of drug-likeness (QED) is 0.749. The fraction of sp³-hybridized carbons (Fsp3) is 0.0769. The summed E-state index contributed by atoms with van der Waals surface area (Å²) in [5, 5.41) is 13.6. The molecule has 0 aliphatic carbocycles. The number of aromatic carboxylic acids is 1. The maximum atomic E-state index is 11.1. The van der Waals surface area contributed by atoms with Crippen LogP contribution in [-0.2, 0) is 7.05 Å². The summed E-state index contributed by atoms with van der Waals surface area (Å²) in [6.07, 6.45) is 3.07. The van der Waals surface area contributed by atoms with Crippen molar-refractivity contribution in [2.45, 2.75) is 0 Å². The molecule has 18 heavy (non-hydrogen) atoms. The summed E-state index contributed by atoms with van der Waals surface area (Å²) in [4.78, 5) is 11.1. The number of carboxylic acid groups (broad SMARTS) is 1. The lowest BCUT2D eigenvalue weighted by Crippen LogP contribution is -1.95. The minimum atomic E-state index is -1.04. The Balaban J connectivity index is 2.32. The highest BCUT2D eigenvalue weighted by atomic mass is 16.5. The standard InChI is InChI=1S/C13H10N2O3/c1-15-7-10(8-4-2-3-5-11(8)15)12-9(13(16)17)6-14-18-12/h2-7H,1H3,(H,16,17). The molecule has 5 heteroatoms. The minimum Gasteiger partial charge on any atom is -0.477 e. The average molecular weight is 242 g/mol. The van der Waals surface area contributed by atoms with Crippen LogP contribution in [-0.4, -0.2) is 20.8 Å². The maximum Gasteiger partial charge on any atom is 0.341 e. The van der Waals surface area contributed by atoms with Crippen LogP contribution in [0.2, 0.25) is 0 Å². The Morgan fingerprint density at radius 3 is 2.94 bits per heavy atom. The van der Waals surface area contributed by atoms with Gasteiger partial charge in [-0.2, -0.15) is 0 Å². The fourth-order valence-corrected chi connectivity index (χ4v) is 2.11. The molecule has 5 nitrogen and oxygen atoms in total. The number of benzene rings is 1. The average Bonchev–Trinajstić information content (AvgIpc) is 2.95. The van der Waals surface area contributed by atoms with Crippen LogP contribution >= 0.6 is 0 Å². The van der Waals surface area contributed by atoms with E-state index in [4.69, 9.17) is 9.63 Å². The van der Waals surface area contributed by atoms with Crippen LogP contribution in [0, 0.1) is 0 Å². The molecule has 0 fully saturated rings. The van der Waals surface area contributed by atoms with Crippen LogP contribution in [0.15, 0.2) is 41.2 Å². The number of aromatic nitrogens is 2. The summed E-state index contributed by atoms with van der Waals surface area (Å²) in [5.74, 6) is -0.751. The smallest absolute Gasteiger partial charge is 0.341 e. The first-order valence-corrected chi connectivity index (χ1v) is 5.41. The predicted octanol–water partition coefficient (Wildman–Crippen LogP) is 2.53. The zero-order chi connectivity index (χ0) is 12.7. The molecule has 90 valence electrons. The Kier molecular flexibility index (Phi) is 2.19. The summed E-state index contributed by atoms with van der Waals surface area (Å²) >= 11 is 0. The Morgan fingerprint density at radius 1 is 1.39 bits per heavy atom. The molecule has 2 heterocycles. The third-order valence-corrected chi connectivity index (χ3v) is 2.94. The molecule has 0 bridgehead atoms. The molecule has 1 N–H and O–H groups in total. The maximum absolute atomic E-state index is 11.1. The van der Waals surface area contributed by atoms with Gasteiger partial charge in [-0.15, -0.1) is 0 Å². The van der Waals surface area contributed by atoms with Crippen molar-refractivity contribution in [2.24, 2.45) is 7.05 Å². The van der Waals surface area contributed by atoms with Gasteiger partial charge in [-0.1, -0.05) is 23.4 Å². The number of rotatable bonds is 2. The van der Waals surface area contributed by atoms with Crippen LogP contribution in [0.1, 0.15) is 10.4 Å². The molecule has 0 saturated heterocycles. The molecule has 0 aliphatic heterocycles. The number of aryl methyl sites for hydroxylation is 1. The van der Waals surface area contributed by atoms with E-state index < -0.39 is 5.97 Å². The van der Waals surface area contributed by atoms with E-state index in [2.05, 4.69) is 5.16 Å². The number of carbonyl (C=O) groups is 1. The van der Waals surface area contributed by atoms with Gasteiger partial charge in [0.25, 0.3) is 0 Å². The molecule has 0 saturated carbocycles. The molecule has 0 radical (unpaired) electrons. The van der Waals surface area contributed by atoms with E-state index in [-0.39, 0.29) is 5.56 Å². The second kappa shape index (κ2) is 3.73. The summed E-state index contributed by atoms with van der Waals surface area (Å²) in [6, 6.07) is 7.74. The third-order valence-electron chi connectivity index (χ3n) is 2.94. The van der Waals surface area contributed by atoms with Crippen molar-refractivity contribution in [3.05, 3.63) is 42.2 Å². The molecule has 0 amide bonds. The van der Waals surface area contributed by atoms with Crippen molar-refractivity contribution in [3.63, 3.8) is 0 Å². The van der Waals surface area contributed by atoms with Crippen LogP contribution < -0.4 is 0 Å². The van der Waals surface area contributed by atoms with Gasteiger partial charge in [0.15, 0.2) is 5.76 Å². The number of hydrogen-bond acceptors (Lipinski definition) is 3. The lowest BCUT2D eigenvalue weighted by molar-refractivity contribution is 0.0697. The largest absolute Gasteiger partial charge is 0.477 e. The van der Waals surface area contributed by atoms with Gasteiger partial charge in [-0.05, 0) is 6.07 Å². The Morgan fingerprint density at radius 2 is 2.17 bits per heavy atom. The number of para-hydroxylation sites is 1. The summed E-state index contributed by atoms with van der Waals surface area (Å²) in [5.41, 5.74) is 1.83. The number of nitrogens with zero attached hydrogens (tertiary/aromatic N) is 2. The summed E-state index contributed by atoms with van der Waals surface area (Å²) in [7, 11) is 1.91. The first kappa shape index (κ1) is 10.6. The van der Waals surface area contributed by atoms with E-state index in [0.717, 1.165) is 16.5 Å². The SMILES string of the molecule is Cn1cc(-c2oncc2C(=O)O)c2ccccc21. The van der Waals surface area contributed by atoms with E-state index in [9.17, 15) is 4.79 Å². The second-order valence-corrected chi connectivity index (χ2v) is 4.04. The number of fused-ring (bicyclic) bond motifs is 1. The van der Waals surface area contributed by atoms with Gasteiger partial charge in [0.05, 0.1) is 6.20 Å². The topological polar surface area (TPSA) is 68.3 Å². The highest BCUT2D eigenvalue weighted by molar-refractivity contribution is 6.01. The van der Waals surface area contributed by atoms with Crippen LogP contribution in [0.4, 0.5) is 0 Å². The van der Waals surface area contributed by atoms with E-state index in [1.54, 1.807) is 0 Å². The molecule has 0 spiro atoms. The molecule has 0 aliphatic rings. The van der Waals surface area contributed by atoms with Crippen molar-refractivity contribution in [1.82, 2.24) is 9.72 Å². The molecule has 0 unspecified atom stereocenters. The number of hydrogen-bond donors (Lipinski definition) is 1. The van der Waals surface area contributed by atoms with Gasteiger partial charge in [-0.3, -0.25) is 0 Å².